The van der Waals surface area contributed by atoms with Gasteiger partial charge in [-0.25, -0.2) is 18.6 Å². The van der Waals surface area contributed by atoms with Crippen LogP contribution in [-0.4, -0.2) is 34.9 Å². The van der Waals surface area contributed by atoms with Crippen LogP contribution in [0.15, 0.2) is 22.6 Å². The lowest BCUT2D eigenvalue weighted by Crippen LogP contribution is -2.38. The van der Waals surface area contributed by atoms with Gasteiger partial charge in [-0.3, -0.25) is 4.79 Å². The summed E-state index contributed by atoms with van der Waals surface area (Å²) in [5.74, 6) is -0.617. The fraction of sp³-hybridized carbons (Fsp3) is 0.421. The van der Waals surface area contributed by atoms with Crippen molar-refractivity contribution < 1.29 is 22.8 Å². The molecule has 3 rings (SSSR count). The maximum absolute atomic E-state index is 13.2. The minimum absolute atomic E-state index is 0.0196. The van der Waals surface area contributed by atoms with E-state index in [0.717, 1.165) is 25.0 Å². The van der Waals surface area contributed by atoms with Gasteiger partial charge in [0.2, 0.25) is 5.89 Å². The molecule has 0 atom stereocenters. The standard InChI is InChI=1S/C19H22F2N4O3/c1-11-3-5-25(6-4-11)18(26)17-12(2)28-16(24-17)10-22-19(27)23-15-8-13(20)7-14(21)9-15/h7-9,11H,3-6,10H2,1-2H3,(H2,22,23,27). The minimum atomic E-state index is -0.797. The molecule has 150 valence electrons. The number of urea groups is 1. The van der Waals surface area contributed by atoms with Gasteiger partial charge in [0.05, 0.1) is 6.54 Å². The highest BCUT2D eigenvalue weighted by molar-refractivity contribution is 5.93. The molecule has 1 aliphatic heterocycles. The highest BCUT2D eigenvalue weighted by Gasteiger charge is 2.26. The molecule has 0 spiro atoms. The number of carbonyl (C=O) groups is 2. The first-order valence-corrected chi connectivity index (χ1v) is 9.08. The van der Waals surface area contributed by atoms with Gasteiger partial charge in [0.1, 0.15) is 17.4 Å². The maximum atomic E-state index is 13.2. The van der Waals surface area contributed by atoms with Crippen molar-refractivity contribution in [2.75, 3.05) is 18.4 Å². The first-order valence-electron chi connectivity index (χ1n) is 9.08. The van der Waals surface area contributed by atoms with Crippen molar-refractivity contribution in [3.63, 3.8) is 0 Å². The van der Waals surface area contributed by atoms with E-state index in [2.05, 4.69) is 22.5 Å². The Morgan fingerprint density at radius 1 is 1.21 bits per heavy atom. The predicted octanol–water partition coefficient (Wildman–Crippen LogP) is 3.46. The van der Waals surface area contributed by atoms with Gasteiger partial charge in [-0.15, -0.1) is 0 Å². The summed E-state index contributed by atoms with van der Waals surface area (Å²) in [7, 11) is 0. The summed E-state index contributed by atoms with van der Waals surface area (Å²) in [6.07, 6.45) is 1.91. The number of likely N-dealkylation sites (tertiary alicyclic amines) is 1. The van der Waals surface area contributed by atoms with Crippen LogP contribution >= 0.6 is 0 Å². The number of halogens is 2. The molecule has 0 bridgehead atoms. The Bertz CT molecular complexity index is 856. The second-order valence-corrected chi connectivity index (χ2v) is 6.95. The third-order valence-electron chi connectivity index (χ3n) is 4.63. The molecule has 2 heterocycles. The van der Waals surface area contributed by atoms with E-state index in [1.165, 1.54) is 0 Å². The van der Waals surface area contributed by atoms with Crippen LogP contribution in [0.2, 0.25) is 0 Å². The lowest BCUT2D eigenvalue weighted by molar-refractivity contribution is 0.0690. The van der Waals surface area contributed by atoms with Crippen LogP contribution in [-0.2, 0) is 6.54 Å². The number of nitrogens with zero attached hydrogens (tertiary/aromatic N) is 2. The summed E-state index contributed by atoms with van der Waals surface area (Å²) in [5.41, 5.74) is 0.216. The largest absolute Gasteiger partial charge is 0.443 e. The molecule has 0 radical (unpaired) electrons. The van der Waals surface area contributed by atoms with E-state index in [1.807, 2.05) is 0 Å². The first-order chi connectivity index (χ1) is 13.3. The van der Waals surface area contributed by atoms with Crippen LogP contribution in [0.1, 0.15) is 41.9 Å². The zero-order chi connectivity index (χ0) is 20.3. The SMILES string of the molecule is Cc1oc(CNC(=O)Nc2cc(F)cc(F)c2)nc1C(=O)N1CCC(C)CC1. The summed E-state index contributed by atoms with van der Waals surface area (Å²) >= 11 is 0. The van der Waals surface area contributed by atoms with Gasteiger partial charge in [-0.2, -0.15) is 0 Å². The topological polar surface area (TPSA) is 87.5 Å². The number of piperidine rings is 1. The summed E-state index contributed by atoms with van der Waals surface area (Å²) in [6.45, 7) is 5.11. The number of hydrogen-bond acceptors (Lipinski definition) is 4. The van der Waals surface area contributed by atoms with Gasteiger partial charge in [0, 0.05) is 24.8 Å². The van der Waals surface area contributed by atoms with Gasteiger partial charge in [-0.05, 0) is 37.8 Å². The van der Waals surface area contributed by atoms with Gasteiger partial charge >= 0.3 is 6.03 Å². The molecular weight excluding hydrogens is 370 g/mol. The Labute approximate surface area is 161 Å². The van der Waals surface area contributed by atoms with Gasteiger partial charge in [-0.1, -0.05) is 6.92 Å². The van der Waals surface area contributed by atoms with E-state index in [-0.39, 0.29) is 29.7 Å². The predicted molar refractivity (Wildman–Crippen MR) is 97.8 cm³/mol. The fourth-order valence-corrected chi connectivity index (χ4v) is 3.04. The molecule has 7 nitrogen and oxygen atoms in total. The summed E-state index contributed by atoms with van der Waals surface area (Å²) < 4.78 is 31.8. The first kappa shape index (κ1) is 19.8. The van der Waals surface area contributed by atoms with Crippen molar-refractivity contribution in [2.45, 2.75) is 33.2 Å². The quantitative estimate of drug-likeness (QED) is 0.834. The molecule has 2 aromatic rings. The van der Waals surface area contributed by atoms with E-state index < -0.39 is 17.7 Å². The summed E-state index contributed by atoms with van der Waals surface area (Å²) in [5, 5.41) is 4.79. The van der Waals surface area contributed by atoms with Crippen LogP contribution < -0.4 is 10.6 Å². The van der Waals surface area contributed by atoms with Crippen molar-refractivity contribution in [1.29, 1.82) is 0 Å². The maximum Gasteiger partial charge on any atom is 0.319 e. The van der Waals surface area contributed by atoms with Crippen molar-refractivity contribution in [1.82, 2.24) is 15.2 Å². The smallest absolute Gasteiger partial charge is 0.319 e. The molecule has 1 fully saturated rings. The van der Waals surface area contributed by atoms with Crippen LogP contribution in [0.3, 0.4) is 0 Å². The van der Waals surface area contributed by atoms with E-state index >= 15 is 0 Å². The number of hydrogen-bond donors (Lipinski definition) is 2. The molecule has 0 saturated carbocycles. The Hall–Kier alpha value is -2.97. The molecule has 1 aliphatic rings. The summed E-state index contributed by atoms with van der Waals surface area (Å²) in [4.78, 5) is 30.5. The second kappa shape index (κ2) is 8.37. The van der Waals surface area contributed by atoms with Crippen LogP contribution in [0.5, 0.6) is 0 Å². The Morgan fingerprint density at radius 3 is 2.50 bits per heavy atom. The number of oxazole rings is 1. The normalized spacial score (nSPS) is 14.8. The molecule has 28 heavy (non-hydrogen) atoms. The van der Waals surface area contributed by atoms with Gasteiger partial charge < -0.3 is 20.0 Å². The molecule has 3 amide bonds. The average molecular weight is 392 g/mol. The van der Waals surface area contributed by atoms with Crippen LogP contribution in [0, 0.1) is 24.5 Å². The Balaban J connectivity index is 1.57. The monoisotopic (exact) mass is 392 g/mol. The van der Waals surface area contributed by atoms with E-state index in [0.29, 0.717) is 30.8 Å². The molecule has 9 heteroatoms. The number of benzene rings is 1. The number of rotatable bonds is 4. The van der Waals surface area contributed by atoms with Crippen molar-refractivity contribution in [3.8, 4) is 0 Å². The van der Waals surface area contributed by atoms with E-state index in [1.54, 1.807) is 11.8 Å². The molecule has 0 unspecified atom stereocenters. The Kier molecular flexibility index (Phi) is 5.91. The van der Waals surface area contributed by atoms with Crippen LogP contribution in [0.4, 0.5) is 19.3 Å². The molecular formula is C19H22F2N4O3. The molecule has 1 aromatic heterocycles. The lowest BCUT2D eigenvalue weighted by Gasteiger charge is -2.29. The van der Waals surface area contributed by atoms with E-state index in [4.69, 9.17) is 4.42 Å². The molecule has 1 saturated heterocycles. The minimum Gasteiger partial charge on any atom is -0.443 e. The zero-order valence-corrected chi connectivity index (χ0v) is 15.7. The van der Waals surface area contributed by atoms with E-state index in [9.17, 15) is 18.4 Å². The van der Waals surface area contributed by atoms with Gasteiger partial charge in [0.25, 0.3) is 5.91 Å². The fourth-order valence-electron chi connectivity index (χ4n) is 3.04. The Morgan fingerprint density at radius 2 is 1.86 bits per heavy atom. The zero-order valence-electron chi connectivity index (χ0n) is 15.7. The third kappa shape index (κ3) is 4.85. The number of aromatic nitrogens is 1. The second-order valence-electron chi connectivity index (χ2n) is 6.95. The number of nitrogens with one attached hydrogen (secondary N) is 2. The van der Waals surface area contributed by atoms with Gasteiger partial charge in [0.15, 0.2) is 5.69 Å². The highest BCUT2D eigenvalue weighted by Crippen LogP contribution is 2.20. The van der Waals surface area contributed by atoms with Crippen LogP contribution in [0.25, 0.3) is 0 Å². The number of anilines is 1. The summed E-state index contributed by atoms with van der Waals surface area (Å²) in [6, 6.07) is 2.02. The lowest BCUT2D eigenvalue weighted by atomic mass is 9.99. The number of amides is 3. The number of aryl methyl sites for hydroxylation is 1. The molecule has 0 aliphatic carbocycles. The third-order valence-corrected chi connectivity index (χ3v) is 4.63. The molecule has 1 aromatic carbocycles. The number of carbonyl (C=O) groups excluding carboxylic acids is 2. The van der Waals surface area contributed by atoms with Crippen molar-refractivity contribution in [2.24, 2.45) is 5.92 Å². The van der Waals surface area contributed by atoms with Crippen molar-refractivity contribution in [3.05, 3.63) is 47.2 Å². The molecule has 2 N–H and O–H groups in total. The average Bonchev–Trinajstić information content (AvgIpc) is 3.00. The van der Waals surface area contributed by atoms with Crippen molar-refractivity contribution >= 4 is 17.6 Å². The highest BCUT2D eigenvalue weighted by atomic mass is 19.1.